The quantitative estimate of drug-likeness (QED) is 0.702. The van der Waals surface area contributed by atoms with E-state index in [2.05, 4.69) is 4.98 Å². The molecule has 0 atom stereocenters. The van der Waals surface area contributed by atoms with Crippen LogP contribution >= 0.6 is 12.2 Å². The van der Waals surface area contributed by atoms with Crippen molar-refractivity contribution in [1.29, 1.82) is 0 Å². The van der Waals surface area contributed by atoms with Crippen molar-refractivity contribution < 1.29 is 5.11 Å². The van der Waals surface area contributed by atoms with Crippen LogP contribution in [0.4, 0.5) is 0 Å². The lowest BCUT2D eigenvalue weighted by Gasteiger charge is -2.04. The predicted octanol–water partition coefficient (Wildman–Crippen LogP) is 0.597. The zero-order valence-electron chi connectivity index (χ0n) is 7.41. The van der Waals surface area contributed by atoms with Crippen LogP contribution in [0.1, 0.15) is 12.0 Å². The van der Waals surface area contributed by atoms with Crippen LogP contribution in [0.25, 0.3) is 0 Å². The Morgan fingerprint density at radius 1 is 1.69 bits per heavy atom. The van der Waals surface area contributed by atoms with E-state index in [-0.39, 0.29) is 12.3 Å². The first-order chi connectivity index (χ1) is 6.15. The van der Waals surface area contributed by atoms with Gasteiger partial charge in [0.2, 0.25) is 0 Å². The monoisotopic (exact) mass is 200 g/mol. The topological polar surface area (TPSA) is 58.0 Å². The molecule has 0 bridgehead atoms. The van der Waals surface area contributed by atoms with Gasteiger partial charge >= 0.3 is 5.69 Å². The molecule has 0 unspecified atom stereocenters. The molecule has 0 aromatic carbocycles. The third-order valence-electron chi connectivity index (χ3n) is 1.75. The molecule has 0 aliphatic heterocycles. The zero-order chi connectivity index (χ0) is 9.84. The molecule has 2 N–H and O–H groups in total. The van der Waals surface area contributed by atoms with E-state index in [9.17, 15) is 4.79 Å². The molecule has 1 aromatic heterocycles. The molecule has 0 spiro atoms. The molecule has 0 fully saturated rings. The van der Waals surface area contributed by atoms with Crippen LogP contribution < -0.4 is 5.69 Å². The summed E-state index contributed by atoms with van der Waals surface area (Å²) in [7, 11) is 0. The van der Waals surface area contributed by atoms with Crippen molar-refractivity contribution in [2.45, 2.75) is 19.9 Å². The molecule has 0 amide bonds. The first-order valence-electron chi connectivity index (χ1n) is 4.06. The van der Waals surface area contributed by atoms with Crippen molar-refractivity contribution in [2.24, 2.45) is 0 Å². The van der Waals surface area contributed by atoms with Crippen LogP contribution in [-0.4, -0.2) is 21.3 Å². The molecule has 5 heteroatoms. The fraction of sp³-hybridized carbons (Fsp3) is 0.500. The van der Waals surface area contributed by atoms with Gasteiger partial charge < -0.3 is 9.67 Å². The smallest absolute Gasteiger partial charge is 0.326 e. The van der Waals surface area contributed by atoms with Gasteiger partial charge in [0, 0.05) is 24.9 Å². The number of aromatic nitrogens is 2. The molecule has 0 saturated heterocycles. The number of H-pyrrole nitrogens is 1. The number of rotatable bonds is 3. The van der Waals surface area contributed by atoms with Gasteiger partial charge in [0.15, 0.2) is 0 Å². The van der Waals surface area contributed by atoms with Crippen LogP contribution in [0.15, 0.2) is 11.0 Å². The minimum Gasteiger partial charge on any atom is -0.396 e. The maximum atomic E-state index is 11.3. The number of aliphatic hydroxyl groups is 1. The number of aromatic amines is 1. The first kappa shape index (κ1) is 10.1. The van der Waals surface area contributed by atoms with Crippen molar-refractivity contribution >= 4 is 12.2 Å². The Kier molecular flexibility index (Phi) is 3.39. The van der Waals surface area contributed by atoms with Gasteiger partial charge in [-0.3, -0.25) is 4.98 Å². The van der Waals surface area contributed by atoms with Gasteiger partial charge in [-0.25, -0.2) is 4.79 Å². The molecule has 1 aromatic rings. The average molecular weight is 200 g/mol. The minimum atomic E-state index is -0.218. The Bertz CT molecular complexity index is 394. The van der Waals surface area contributed by atoms with Crippen molar-refractivity contribution in [3.63, 3.8) is 0 Å². The number of aryl methyl sites for hydroxylation is 2. The van der Waals surface area contributed by atoms with Gasteiger partial charge in [-0.05, 0) is 13.3 Å². The van der Waals surface area contributed by atoms with E-state index in [0.717, 1.165) is 5.56 Å². The summed E-state index contributed by atoms with van der Waals surface area (Å²) in [6.45, 7) is 2.44. The molecule has 1 heterocycles. The second-order valence-corrected chi connectivity index (χ2v) is 3.25. The molecular formula is C8H12N2O2S. The number of nitrogens with zero attached hydrogens (tertiary/aromatic N) is 1. The van der Waals surface area contributed by atoms with E-state index in [1.807, 2.05) is 6.92 Å². The Hall–Kier alpha value is -0.940. The highest BCUT2D eigenvalue weighted by molar-refractivity contribution is 7.71. The fourth-order valence-corrected chi connectivity index (χ4v) is 1.17. The summed E-state index contributed by atoms with van der Waals surface area (Å²) in [6.07, 6.45) is 2.28. The van der Waals surface area contributed by atoms with E-state index in [0.29, 0.717) is 17.6 Å². The van der Waals surface area contributed by atoms with Gasteiger partial charge in [-0.2, -0.15) is 0 Å². The lowest BCUT2D eigenvalue weighted by atomic mass is 10.4. The van der Waals surface area contributed by atoms with Gasteiger partial charge in [0.25, 0.3) is 0 Å². The van der Waals surface area contributed by atoms with Crippen molar-refractivity contribution in [3.8, 4) is 0 Å². The Balaban J connectivity index is 3.02. The zero-order valence-corrected chi connectivity index (χ0v) is 8.23. The Morgan fingerprint density at radius 2 is 2.38 bits per heavy atom. The summed E-state index contributed by atoms with van der Waals surface area (Å²) in [5.41, 5.74) is 0.650. The third-order valence-corrected chi connectivity index (χ3v) is 2.17. The molecule has 1 rings (SSSR count). The van der Waals surface area contributed by atoms with Gasteiger partial charge in [-0.15, -0.1) is 0 Å². The third kappa shape index (κ3) is 2.50. The fourth-order valence-electron chi connectivity index (χ4n) is 1.03. The summed E-state index contributed by atoms with van der Waals surface area (Å²) in [6, 6.07) is 0. The number of aliphatic hydroxyl groups excluding tert-OH is 1. The molecule has 0 saturated carbocycles. The summed E-state index contributed by atoms with van der Waals surface area (Å²) in [4.78, 5) is 13.8. The molecule has 13 heavy (non-hydrogen) atoms. The molecule has 0 radical (unpaired) electrons. The lowest BCUT2D eigenvalue weighted by molar-refractivity contribution is 0.278. The van der Waals surface area contributed by atoms with Gasteiger partial charge in [-0.1, -0.05) is 12.2 Å². The SMILES string of the molecule is Cc1cn(CCCO)c(=O)[nH]c1=S. The second-order valence-electron chi connectivity index (χ2n) is 2.84. The first-order valence-corrected chi connectivity index (χ1v) is 4.47. The van der Waals surface area contributed by atoms with E-state index in [1.165, 1.54) is 4.57 Å². The van der Waals surface area contributed by atoms with E-state index in [1.54, 1.807) is 6.20 Å². The predicted molar refractivity (Wildman–Crippen MR) is 52.3 cm³/mol. The number of hydrogen-bond donors (Lipinski definition) is 2. The standard InChI is InChI=1S/C8H12N2O2S/c1-6-5-10(3-2-4-11)8(12)9-7(6)13/h5,11H,2-4H2,1H3,(H,9,12,13). The van der Waals surface area contributed by atoms with Crippen molar-refractivity contribution in [1.82, 2.24) is 9.55 Å². The van der Waals surface area contributed by atoms with E-state index >= 15 is 0 Å². The van der Waals surface area contributed by atoms with Crippen LogP contribution in [0, 0.1) is 11.6 Å². The van der Waals surface area contributed by atoms with E-state index < -0.39 is 0 Å². The van der Waals surface area contributed by atoms with E-state index in [4.69, 9.17) is 17.3 Å². The number of nitrogens with one attached hydrogen (secondary N) is 1. The number of hydrogen-bond acceptors (Lipinski definition) is 3. The minimum absolute atomic E-state index is 0.0844. The Morgan fingerprint density at radius 3 is 3.00 bits per heavy atom. The maximum absolute atomic E-state index is 11.3. The average Bonchev–Trinajstić information content (AvgIpc) is 2.09. The van der Waals surface area contributed by atoms with Crippen LogP contribution in [0.3, 0.4) is 0 Å². The lowest BCUT2D eigenvalue weighted by Crippen LogP contribution is -2.23. The summed E-state index contributed by atoms with van der Waals surface area (Å²) in [5, 5.41) is 8.60. The highest BCUT2D eigenvalue weighted by Gasteiger charge is 1.97. The highest BCUT2D eigenvalue weighted by Crippen LogP contribution is 1.94. The van der Waals surface area contributed by atoms with Crippen LogP contribution in [0.5, 0.6) is 0 Å². The highest BCUT2D eigenvalue weighted by atomic mass is 32.1. The molecular weight excluding hydrogens is 188 g/mol. The van der Waals surface area contributed by atoms with Crippen molar-refractivity contribution in [3.05, 3.63) is 26.9 Å². The second kappa shape index (κ2) is 4.34. The molecule has 0 aliphatic rings. The normalized spacial score (nSPS) is 10.3. The Labute approximate surface area is 80.9 Å². The summed E-state index contributed by atoms with van der Waals surface area (Å²) < 4.78 is 1.99. The van der Waals surface area contributed by atoms with Crippen LogP contribution in [-0.2, 0) is 6.54 Å². The summed E-state index contributed by atoms with van der Waals surface area (Å²) >= 11 is 4.89. The molecule has 0 aliphatic carbocycles. The van der Waals surface area contributed by atoms with Crippen LogP contribution in [0.2, 0.25) is 0 Å². The van der Waals surface area contributed by atoms with Crippen molar-refractivity contribution in [2.75, 3.05) is 6.61 Å². The summed E-state index contributed by atoms with van der Waals surface area (Å²) in [5.74, 6) is 0. The molecule has 4 nitrogen and oxygen atoms in total. The molecule has 72 valence electrons. The van der Waals surface area contributed by atoms with Gasteiger partial charge in [0.05, 0.1) is 0 Å². The largest absolute Gasteiger partial charge is 0.396 e. The van der Waals surface area contributed by atoms with Gasteiger partial charge in [0.1, 0.15) is 4.64 Å². The maximum Gasteiger partial charge on any atom is 0.326 e.